The second-order valence-electron chi connectivity index (χ2n) is 4.48. The maximum atomic E-state index is 10.5. The first-order valence-corrected chi connectivity index (χ1v) is 6.05. The van der Waals surface area contributed by atoms with Crippen LogP contribution in [-0.4, -0.2) is 33.7 Å². The molecule has 1 aliphatic rings. The van der Waals surface area contributed by atoms with Gasteiger partial charge < -0.3 is 19.6 Å². The van der Waals surface area contributed by atoms with Gasteiger partial charge >= 0.3 is 5.82 Å². The van der Waals surface area contributed by atoms with Crippen LogP contribution < -0.4 is 0 Å². The summed E-state index contributed by atoms with van der Waals surface area (Å²) in [6, 6.07) is 1.41. The van der Waals surface area contributed by atoms with E-state index < -0.39 is 10.7 Å². The van der Waals surface area contributed by atoms with E-state index in [1.807, 2.05) is 6.92 Å². The molecule has 0 unspecified atom stereocenters. The molecule has 0 saturated carbocycles. The van der Waals surface area contributed by atoms with Gasteiger partial charge in [0.15, 0.2) is 5.79 Å². The van der Waals surface area contributed by atoms with Crippen LogP contribution >= 0.6 is 0 Å². The van der Waals surface area contributed by atoms with Gasteiger partial charge in [0.2, 0.25) is 0 Å². The van der Waals surface area contributed by atoms with Crippen LogP contribution in [0.15, 0.2) is 12.3 Å². The van der Waals surface area contributed by atoms with Gasteiger partial charge in [-0.05, 0) is 24.7 Å². The third kappa shape index (κ3) is 3.27. The molecule has 1 saturated heterocycles. The normalized spacial score (nSPS) is 18.1. The average Bonchev–Trinajstić information content (AvgIpc) is 2.94. The van der Waals surface area contributed by atoms with E-state index in [9.17, 15) is 10.1 Å². The molecule has 1 aromatic heterocycles. The molecular weight excluding hydrogens is 238 g/mol. The fourth-order valence-corrected chi connectivity index (χ4v) is 1.99. The predicted octanol–water partition coefficient (Wildman–Crippen LogP) is 1.72. The molecule has 18 heavy (non-hydrogen) atoms. The van der Waals surface area contributed by atoms with E-state index in [1.54, 1.807) is 10.9 Å². The van der Waals surface area contributed by atoms with Gasteiger partial charge in [0.1, 0.15) is 0 Å². The van der Waals surface area contributed by atoms with Crippen LogP contribution in [0, 0.1) is 10.1 Å². The highest BCUT2D eigenvalue weighted by molar-refractivity contribution is 5.13. The minimum absolute atomic E-state index is 0.107. The molecule has 2 rings (SSSR count). The van der Waals surface area contributed by atoms with Crippen LogP contribution in [0.3, 0.4) is 0 Å². The summed E-state index contributed by atoms with van der Waals surface area (Å²) in [4.78, 5) is 9.97. The highest BCUT2D eigenvalue weighted by Gasteiger charge is 2.29. The summed E-state index contributed by atoms with van der Waals surface area (Å²) >= 11 is 0. The number of aromatic nitrogens is 2. The maximum absolute atomic E-state index is 10.5. The molecule has 100 valence electrons. The summed E-state index contributed by atoms with van der Waals surface area (Å²) < 4.78 is 12.6. The van der Waals surface area contributed by atoms with Crippen LogP contribution in [0.1, 0.15) is 26.2 Å². The van der Waals surface area contributed by atoms with Gasteiger partial charge in [-0.1, -0.05) is 0 Å². The summed E-state index contributed by atoms with van der Waals surface area (Å²) in [5.41, 5.74) is 0. The van der Waals surface area contributed by atoms with Gasteiger partial charge in [0.25, 0.3) is 0 Å². The van der Waals surface area contributed by atoms with E-state index >= 15 is 0 Å². The summed E-state index contributed by atoms with van der Waals surface area (Å²) in [5.74, 6) is -0.555. The van der Waals surface area contributed by atoms with Crippen molar-refractivity contribution < 1.29 is 14.4 Å². The van der Waals surface area contributed by atoms with E-state index in [0.29, 0.717) is 19.8 Å². The van der Waals surface area contributed by atoms with Crippen molar-refractivity contribution in [3.63, 3.8) is 0 Å². The van der Waals surface area contributed by atoms with E-state index in [0.717, 1.165) is 19.3 Å². The quantitative estimate of drug-likeness (QED) is 0.439. The molecule has 0 N–H and O–H groups in total. The maximum Gasteiger partial charge on any atom is 0.389 e. The third-order valence-corrected chi connectivity index (χ3v) is 2.98. The zero-order valence-electron chi connectivity index (χ0n) is 10.4. The van der Waals surface area contributed by atoms with Crippen molar-refractivity contribution in [2.45, 2.75) is 38.5 Å². The smallest absolute Gasteiger partial charge is 0.358 e. The molecule has 7 nitrogen and oxygen atoms in total. The second-order valence-corrected chi connectivity index (χ2v) is 4.48. The van der Waals surface area contributed by atoms with Crippen molar-refractivity contribution in [3.05, 3.63) is 22.4 Å². The van der Waals surface area contributed by atoms with E-state index in [2.05, 4.69) is 5.10 Å². The van der Waals surface area contributed by atoms with Crippen LogP contribution in [-0.2, 0) is 16.0 Å². The van der Waals surface area contributed by atoms with Crippen LogP contribution in [0.5, 0.6) is 0 Å². The van der Waals surface area contributed by atoms with Crippen molar-refractivity contribution in [1.82, 2.24) is 9.78 Å². The molecule has 1 fully saturated rings. The number of aryl methyl sites for hydroxylation is 1. The molecular formula is C11H17N3O4. The Morgan fingerprint density at radius 2 is 2.22 bits per heavy atom. The lowest BCUT2D eigenvalue weighted by Crippen LogP contribution is -2.25. The monoisotopic (exact) mass is 255 g/mol. The lowest BCUT2D eigenvalue weighted by atomic mass is 10.1. The summed E-state index contributed by atoms with van der Waals surface area (Å²) in [6.07, 6.45) is 4.28. The standard InChI is InChI=1S/C11H17N3O4/c1-11(17-8-9-18-11)5-2-3-6-13-7-4-10(12-13)14(15)16/h4,7H,2-3,5-6,8-9H2,1H3. The minimum atomic E-state index is -0.488. The molecule has 1 aliphatic heterocycles. The van der Waals surface area contributed by atoms with Gasteiger partial charge in [-0.2, -0.15) is 4.68 Å². The molecule has 0 amide bonds. The van der Waals surface area contributed by atoms with Crippen molar-refractivity contribution in [1.29, 1.82) is 0 Å². The van der Waals surface area contributed by atoms with Gasteiger partial charge in [0.05, 0.1) is 37.1 Å². The topological polar surface area (TPSA) is 79.4 Å². The summed E-state index contributed by atoms with van der Waals surface area (Å²) in [5, 5.41) is 14.3. The Bertz CT molecular complexity index is 412. The molecule has 0 radical (unpaired) electrons. The summed E-state index contributed by atoms with van der Waals surface area (Å²) in [7, 11) is 0. The Morgan fingerprint density at radius 3 is 2.83 bits per heavy atom. The second kappa shape index (κ2) is 5.45. The predicted molar refractivity (Wildman–Crippen MR) is 63.0 cm³/mol. The molecule has 0 atom stereocenters. The first-order chi connectivity index (χ1) is 8.59. The Hall–Kier alpha value is -1.47. The number of ether oxygens (including phenoxy) is 2. The number of hydrogen-bond donors (Lipinski definition) is 0. The van der Waals surface area contributed by atoms with Crippen molar-refractivity contribution in [2.24, 2.45) is 0 Å². The van der Waals surface area contributed by atoms with E-state index in [4.69, 9.17) is 9.47 Å². The molecule has 2 heterocycles. The fourth-order valence-electron chi connectivity index (χ4n) is 1.99. The van der Waals surface area contributed by atoms with Crippen LogP contribution in [0.2, 0.25) is 0 Å². The number of hydrogen-bond acceptors (Lipinski definition) is 5. The molecule has 0 aromatic carbocycles. The van der Waals surface area contributed by atoms with Gasteiger partial charge in [-0.3, -0.25) is 0 Å². The first kappa shape index (κ1) is 13.0. The van der Waals surface area contributed by atoms with Crippen molar-refractivity contribution >= 4 is 5.82 Å². The van der Waals surface area contributed by atoms with Crippen LogP contribution in [0.25, 0.3) is 0 Å². The largest absolute Gasteiger partial charge is 0.389 e. The van der Waals surface area contributed by atoms with Gasteiger partial charge in [-0.15, -0.1) is 0 Å². The Kier molecular flexibility index (Phi) is 3.93. The number of unbranched alkanes of at least 4 members (excludes halogenated alkanes) is 1. The minimum Gasteiger partial charge on any atom is -0.358 e. The van der Waals surface area contributed by atoms with E-state index in [1.165, 1.54) is 6.07 Å². The Balaban J connectivity index is 1.70. The zero-order chi connectivity index (χ0) is 13.0. The fraction of sp³-hybridized carbons (Fsp3) is 0.727. The highest BCUT2D eigenvalue weighted by atomic mass is 16.7. The Morgan fingerprint density at radius 1 is 1.50 bits per heavy atom. The lowest BCUT2D eigenvalue weighted by molar-refractivity contribution is -0.389. The van der Waals surface area contributed by atoms with Crippen molar-refractivity contribution in [3.8, 4) is 0 Å². The molecule has 0 aliphatic carbocycles. The lowest BCUT2D eigenvalue weighted by Gasteiger charge is -2.21. The average molecular weight is 255 g/mol. The van der Waals surface area contributed by atoms with Crippen molar-refractivity contribution in [2.75, 3.05) is 13.2 Å². The van der Waals surface area contributed by atoms with Gasteiger partial charge in [-0.25, -0.2) is 0 Å². The Labute approximate surface area is 105 Å². The highest BCUT2D eigenvalue weighted by Crippen LogP contribution is 2.24. The molecule has 0 bridgehead atoms. The zero-order valence-corrected chi connectivity index (χ0v) is 10.4. The van der Waals surface area contributed by atoms with Crippen LogP contribution in [0.4, 0.5) is 5.82 Å². The third-order valence-electron chi connectivity index (χ3n) is 2.98. The summed E-state index contributed by atoms with van der Waals surface area (Å²) in [6.45, 7) is 3.92. The molecule has 1 aromatic rings. The molecule has 7 heteroatoms. The number of rotatable bonds is 6. The number of nitrogens with zero attached hydrogens (tertiary/aromatic N) is 3. The van der Waals surface area contributed by atoms with Gasteiger partial charge in [0, 0.05) is 6.42 Å². The molecule has 0 spiro atoms. The first-order valence-electron chi connectivity index (χ1n) is 6.05. The van der Waals surface area contributed by atoms with E-state index in [-0.39, 0.29) is 5.82 Å². The number of nitro groups is 1. The SMILES string of the molecule is CC1(CCCCn2ccc([N+](=O)[O-])n2)OCCO1.